The third-order valence-corrected chi connectivity index (χ3v) is 4.00. The van der Waals surface area contributed by atoms with Crippen LogP contribution in [-0.2, 0) is 4.74 Å². The second-order valence-corrected chi connectivity index (χ2v) is 5.82. The van der Waals surface area contributed by atoms with Gasteiger partial charge < -0.3 is 9.72 Å². The van der Waals surface area contributed by atoms with Crippen molar-refractivity contribution in [1.82, 2.24) is 30.2 Å². The summed E-state index contributed by atoms with van der Waals surface area (Å²) < 4.78 is 6.90. The van der Waals surface area contributed by atoms with Crippen LogP contribution in [0.25, 0.3) is 16.6 Å². The fourth-order valence-electron chi connectivity index (χ4n) is 2.64. The zero-order chi connectivity index (χ0) is 18.8. The second-order valence-electron chi connectivity index (χ2n) is 5.82. The Morgan fingerprint density at radius 3 is 2.85 bits per heavy atom. The van der Waals surface area contributed by atoms with E-state index in [-0.39, 0.29) is 11.4 Å². The first-order valence-corrected chi connectivity index (χ1v) is 8.15. The molecule has 0 saturated heterocycles. The van der Waals surface area contributed by atoms with Crippen LogP contribution >= 0.6 is 0 Å². The van der Waals surface area contributed by atoms with Crippen molar-refractivity contribution in [1.29, 1.82) is 0 Å². The number of rotatable bonds is 4. The fourth-order valence-corrected chi connectivity index (χ4v) is 2.64. The molecule has 9 nitrogen and oxygen atoms in total. The number of hydrogen-bond donors (Lipinski definition) is 1. The van der Waals surface area contributed by atoms with E-state index in [1.807, 2.05) is 0 Å². The first kappa shape index (κ1) is 16.6. The van der Waals surface area contributed by atoms with Crippen LogP contribution < -0.4 is 5.56 Å². The Labute approximate surface area is 152 Å². The number of ether oxygens (including phenoxy) is 1. The monoisotopic (exact) mass is 362 g/mol. The maximum absolute atomic E-state index is 12.5. The maximum atomic E-state index is 12.5. The summed E-state index contributed by atoms with van der Waals surface area (Å²) in [4.78, 5) is 31.7. The Morgan fingerprint density at radius 1 is 1.19 bits per heavy atom. The van der Waals surface area contributed by atoms with Crippen molar-refractivity contribution in [2.24, 2.45) is 0 Å². The zero-order valence-electron chi connectivity index (χ0n) is 14.2. The molecule has 2 aromatic carbocycles. The number of carbonyl (C=O) groups is 1. The lowest BCUT2D eigenvalue weighted by Gasteiger charge is -2.13. The number of fused-ring (bicyclic) bond motifs is 1. The number of carbonyl (C=O) groups excluding carboxylic acids is 1. The van der Waals surface area contributed by atoms with E-state index in [0.717, 1.165) is 0 Å². The van der Waals surface area contributed by atoms with Crippen molar-refractivity contribution in [3.8, 4) is 5.69 Å². The summed E-state index contributed by atoms with van der Waals surface area (Å²) in [6.07, 6.45) is 0.697. The van der Waals surface area contributed by atoms with Crippen LogP contribution in [0.3, 0.4) is 0 Å². The van der Waals surface area contributed by atoms with Gasteiger partial charge in [-0.25, -0.2) is 14.5 Å². The lowest BCUT2D eigenvalue weighted by Crippen LogP contribution is -2.17. The highest BCUT2D eigenvalue weighted by Gasteiger charge is 2.17. The van der Waals surface area contributed by atoms with Crippen LogP contribution in [0.1, 0.15) is 29.2 Å². The number of aromatic amines is 1. The zero-order valence-corrected chi connectivity index (χ0v) is 14.2. The molecule has 0 aliphatic heterocycles. The highest BCUT2D eigenvalue weighted by Crippen LogP contribution is 2.17. The molecule has 134 valence electrons. The van der Waals surface area contributed by atoms with Crippen LogP contribution in [0.15, 0.2) is 59.7 Å². The lowest BCUT2D eigenvalue weighted by atomic mass is 10.2. The lowest BCUT2D eigenvalue weighted by molar-refractivity contribution is 0.0320. The standard InChI is InChI=1S/C18H14N6O3/c1-11(16-20-15-8-3-2-7-14(15)17(25)21-16)27-18(26)12-5-4-6-13(9-12)24-10-19-22-23-24/h2-11H,1H3,(H,20,21,25)/t11-/m1/s1. The molecule has 4 aromatic rings. The second kappa shape index (κ2) is 6.79. The predicted molar refractivity (Wildman–Crippen MR) is 95.3 cm³/mol. The molecule has 1 atom stereocenters. The van der Waals surface area contributed by atoms with Crippen LogP contribution in [0.5, 0.6) is 0 Å². The van der Waals surface area contributed by atoms with Crippen molar-refractivity contribution < 1.29 is 9.53 Å². The number of tetrazole rings is 1. The van der Waals surface area contributed by atoms with Gasteiger partial charge in [-0.3, -0.25) is 4.79 Å². The number of nitrogens with one attached hydrogen (secondary N) is 1. The summed E-state index contributed by atoms with van der Waals surface area (Å²) in [6.45, 7) is 1.65. The third kappa shape index (κ3) is 3.30. The highest BCUT2D eigenvalue weighted by atomic mass is 16.5. The summed E-state index contributed by atoms with van der Waals surface area (Å²) >= 11 is 0. The molecule has 2 aromatic heterocycles. The Hall–Kier alpha value is -3.88. The topological polar surface area (TPSA) is 116 Å². The van der Waals surface area contributed by atoms with Crippen molar-refractivity contribution >= 4 is 16.9 Å². The molecule has 1 N–H and O–H groups in total. The summed E-state index contributed by atoms with van der Waals surface area (Å²) in [5, 5.41) is 11.4. The number of aromatic nitrogens is 6. The largest absolute Gasteiger partial charge is 0.451 e. The van der Waals surface area contributed by atoms with Crippen molar-refractivity contribution in [3.63, 3.8) is 0 Å². The Balaban J connectivity index is 1.58. The number of benzene rings is 2. The fraction of sp³-hybridized carbons (Fsp3) is 0.111. The molecule has 0 fully saturated rings. The summed E-state index contributed by atoms with van der Waals surface area (Å²) in [5.74, 6) is -0.267. The smallest absolute Gasteiger partial charge is 0.338 e. The first-order valence-electron chi connectivity index (χ1n) is 8.15. The molecule has 0 spiro atoms. The Morgan fingerprint density at radius 2 is 2.04 bits per heavy atom. The molecule has 27 heavy (non-hydrogen) atoms. The Kier molecular flexibility index (Phi) is 4.17. The molecule has 0 amide bonds. The van der Waals surface area contributed by atoms with Gasteiger partial charge in [-0.1, -0.05) is 18.2 Å². The average Bonchev–Trinajstić information content (AvgIpc) is 3.23. The van der Waals surface area contributed by atoms with Crippen molar-refractivity contribution in [2.75, 3.05) is 0 Å². The number of H-pyrrole nitrogens is 1. The first-order chi connectivity index (χ1) is 13.1. The molecule has 9 heteroatoms. The number of esters is 1. The maximum Gasteiger partial charge on any atom is 0.338 e. The van der Waals surface area contributed by atoms with E-state index in [4.69, 9.17) is 4.74 Å². The summed E-state index contributed by atoms with van der Waals surface area (Å²) in [7, 11) is 0. The molecule has 0 saturated carbocycles. The minimum absolute atomic E-state index is 0.279. The Bertz CT molecular complexity index is 1170. The van der Waals surface area contributed by atoms with Crippen molar-refractivity contribution in [3.05, 3.63) is 76.6 Å². The normalized spacial score (nSPS) is 12.0. The van der Waals surface area contributed by atoms with Crippen molar-refractivity contribution in [2.45, 2.75) is 13.0 Å². The van der Waals surface area contributed by atoms with Gasteiger partial charge in [0, 0.05) is 0 Å². The van der Waals surface area contributed by atoms with E-state index >= 15 is 0 Å². The van der Waals surface area contributed by atoms with Gasteiger partial charge >= 0.3 is 5.97 Å². The van der Waals surface area contributed by atoms with Gasteiger partial charge in [-0.15, -0.1) is 5.10 Å². The predicted octanol–water partition coefficient (Wildman–Crippen LogP) is 1.82. The van der Waals surface area contributed by atoms with E-state index in [1.54, 1.807) is 55.5 Å². The van der Waals surface area contributed by atoms with Crippen LogP contribution in [0, 0.1) is 0 Å². The van der Waals surface area contributed by atoms with E-state index in [1.165, 1.54) is 11.0 Å². The highest BCUT2D eigenvalue weighted by molar-refractivity contribution is 5.90. The van der Waals surface area contributed by atoms with Crippen LogP contribution in [-0.4, -0.2) is 36.1 Å². The number of para-hydroxylation sites is 1. The van der Waals surface area contributed by atoms with Gasteiger partial charge in [0.15, 0.2) is 11.9 Å². The van der Waals surface area contributed by atoms with E-state index in [2.05, 4.69) is 25.5 Å². The van der Waals surface area contributed by atoms with Gasteiger partial charge in [0.25, 0.3) is 5.56 Å². The van der Waals surface area contributed by atoms with Crippen LogP contribution in [0.4, 0.5) is 0 Å². The van der Waals surface area contributed by atoms with Gasteiger partial charge in [-0.05, 0) is 47.7 Å². The van der Waals surface area contributed by atoms with E-state index in [0.29, 0.717) is 22.2 Å². The molecular weight excluding hydrogens is 348 g/mol. The van der Waals surface area contributed by atoms with Gasteiger partial charge in [0.05, 0.1) is 22.2 Å². The molecule has 0 bridgehead atoms. The van der Waals surface area contributed by atoms with Gasteiger partial charge in [0.2, 0.25) is 0 Å². The molecule has 0 unspecified atom stereocenters. The SMILES string of the molecule is C[C@@H](OC(=O)c1cccc(-n2cnnn2)c1)c1nc2ccccc2c(=O)[nH]1. The molecule has 4 rings (SSSR count). The molecular formula is C18H14N6O3. The van der Waals surface area contributed by atoms with Gasteiger partial charge in [0.1, 0.15) is 6.33 Å². The minimum atomic E-state index is -0.730. The van der Waals surface area contributed by atoms with E-state index in [9.17, 15) is 9.59 Å². The molecule has 2 heterocycles. The molecule has 0 aliphatic carbocycles. The molecule has 0 radical (unpaired) electrons. The van der Waals surface area contributed by atoms with Crippen LogP contribution in [0.2, 0.25) is 0 Å². The average molecular weight is 362 g/mol. The summed E-state index contributed by atoms with van der Waals surface area (Å²) in [6, 6.07) is 13.7. The third-order valence-electron chi connectivity index (χ3n) is 4.00. The number of nitrogens with zero attached hydrogens (tertiary/aromatic N) is 5. The number of hydrogen-bond acceptors (Lipinski definition) is 7. The minimum Gasteiger partial charge on any atom is -0.451 e. The van der Waals surface area contributed by atoms with Gasteiger partial charge in [-0.2, -0.15) is 0 Å². The molecule has 0 aliphatic rings. The van der Waals surface area contributed by atoms with E-state index < -0.39 is 12.1 Å². The quantitative estimate of drug-likeness (QED) is 0.550. The summed E-state index contributed by atoms with van der Waals surface area (Å²) in [5.41, 5.74) is 1.22.